The topological polar surface area (TPSA) is 58.6 Å². The van der Waals surface area contributed by atoms with Crippen molar-refractivity contribution in [3.05, 3.63) is 94.5 Å². The van der Waals surface area contributed by atoms with Crippen molar-refractivity contribution in [1.29, 1.82) is 0 Å². The standard InChI is InChI=1S/C24H21ClN2O3/c25-21-7-3-1-6-19(21)15-30-16-23(28)26-20-11-9-18(10-12-20)24(29)27-14-13-17-5-2-4-8-22(17)27/h1-12H,13-16H2,(H,26,28). The molecule has 0 saturated carbocycles. The van der Waals surface area contributed by atoms with Crippen LogP contribution in [0.2, 0.25) is 5.02 Å². The highest BCUT2D eigenvalue weighted by Gasteiger charge is 2.24. The summed E-state index contributed by atoms with van der Waals surface area (Å²) in [6.45, 7) is 0.855. The highest BCUT2D eigenvalue weighted by molar-refractivity contribution is 6.31. The van der Waals surface area contributed by atoms with E-state index in [1.54, 1.807) is 35.2 Å². The third-order valence-corrected chi connectivity index (χ3v) is 5.37. The second-order valence-corrected chi connectivity index (χ2v) is 7.45. The average molecular weight is 421 g/mol. The SMILES string of the molecule is O=C(COCc1ccccc1Cl)Nc1ccc(C(=O)N2CCc3ccccc32)cc1. The van der Waals surface area contributed by atoms with Crippen LogP contribution in [0.5, 0.6) is 0 Å². The second kappa shape index (κ2) is 9.11. The van der Waals surface area contributed by atoms with Gasteiger partial charge in [0.2, 0.25) is 5.91 Å². The van der Waals surface area contributed by atoms with Gasteiger partial charge in [-0.2, -0.15) is 0 Å². The van der Waals surface area contributed by atoms with Gasteiger partial charge in [-0.1, -0.05) is 48.0 Å². The van der Waals surface area contributed by atoms with Gasteiger partial charge in [-0.05, 0) is 53.9 Å². The number of carbonyl (C=O) groups is 2. The lowest BCUT2D eigenvalue weighted by Crippen LogP contribution is -2.28. The first-order valence-corrected chi connectivity index (χ1v) is 10.1. The Bertz CT molecular complexity index is 1070. The molecule has 6 heteroatoms. The first kappa shape index (κ1) is 20.1. The van der Waals surface area contributed by atoms with Gasteiger partial charge in [0.25, 0.3) is 5.91 Å². The number of halogens is 1. The number of para-hydroxylation sites is 1. The molecule has 0 aliphatic carbocycles. The summed E-state index contributed by atoms with van der Waals surface area (Å²) in [7, 11) is 0. The molecule has 0 unspecified atom stereocenters. The molecule has 0 radical (unpaired) electrons. The number of hydrogen-bond donors (Lipinski definition) is 1. The molecule has 4 rings (SSSR count). The quantitative estimate of drug-likeness (QED) is 0.628. The van der Waals surface area contributed by atoms with Gasteiger partial charge < -0.3 is 15.0 Å². The van der Waals surface area contributed by atoms with Crippen molar-refractivity contribution in [2.45, 2.75) is 13.0 Å². The first-order chi connectivity index (χ1) is 14.6. The number of nitrogens with one attached hydrogen (secondary N) is 1. The normalized spacial score (nSPS) is 12.5. The summed E-state index contributed by atoms with van der Waals surface area (Å²) in [5, 5.41) is 3.38. The molecule has 0 atom stereocenters. The Morgan fingerprint density at radius 2 is 1.70 bits per heavy atom. The minimum Gasteiger partial charge on any atom is -0.367 e. The van der Waals surface area contributed by atoms with E-state index in [2.05, 4.69) is 11.4 Å². The maximum atomic E-state index is 12.9. The summed E-state index contributed by atoms with van der Waals surface area (Å²) in [5.41, 5.74) is 4.18. The fourth-order valence-corrected chi connectivity index (χ4v) is 3.66. The average Bonchev–Trinajstić information content (AvgIpc) is 3.19. The van der Waals surface area contributed by atoms with Crippen molar-refractivity contribution in [3.63, 3.8) is 0 Å². The van der Waals surface area contributed by atoms with Crippen molar-refractivity contribution in [2.75, 3.05) is 23.4 Å². The minimum atomic E-state index is -0.269. The van der Waals surface area contributed by atoms with Gasteiger partial charge in [-0.3, -0.25) is 9.59 Å². The monoisotopic (exact) mass is 420 g/mol. The van der Waals surface area contributed by atoms with Gasteiger partial charge in [-0.25, -0.2) is 0 Å². The van der Waals surface area contributed by atoms with Gasteiger partial charge in [-0.15, -0.1) is 0 Å². The number of hydrogen-bond acceptors (Lipinski definition) is 3. The van der Waals surface area contributed by atoms with Crippen molar-refractivity contribution in [1.82, 2.24) is 0 Å². The van der Waals surface area contributed by atoms with E-state index in [1.807, 2.05) is 36.4 Å². The van der Waals surface area contributed by atoms with Crippen LogP contribution in [0.3, 0.4) is 0 Å². The number of nitrogens with zero attached hydrogens (tertiary/aromatic N) is 1. The summed E-state index contributed by atoms with van der Waals surface area (Å²) < 4.78 is 5.44. The first-order valence-electron chi connectivity index (χ1n) is 9.72. The molecule has 3 aromatic carbocycles. The van der Waals surface area contributed by atoms with E-state index in [0.29, 0.717) is 22.8 Å². The summed E-state index contributed by atoms with van der Waals surface area (Å²) in [5.74, 6) is -0.310. The van der Waals surface area contributed by atoms with Crippen LogP contribution in [-0.2, 0) is 22.6 Å². The molecule has 1 heterocycles. The largest absolute Gasteiger partial charge is 0.367 e. The Labute approximate surface area is 180 Å². The zero-order valence-electron chi connectivity index (χ0n) is 16.3. The van der Waals surface area contributed by atoms with Crippen molar-refractivity contribution in [2.24, 2.45) is 0 Å². The Balaban J connectivity index is 1.31. The summed E-state index contributed by atoms with van der Waals surface area (Å²) in [4.78, 5) is 26.8. The fourth-order valence-electron chi connectivity index (χ4n) is 3.47. The van der Waals surface area contributed by atoms with Crippen LogP contribution in [-0.4, -0.2) is 25.0 Å². The van der Waals surface area contributed by atoms with E-state index in [0.717, 1.165) is 17.7 Å². The van der Waals surface area contributed by atoms with Crippen molar-refractivity contribution >= 4 is 34.8 Å². The third kappa shape index (κ3) is 4.53. The van der Waals surface area contributed by atoms with E-state index in [-0.39, 0.29) is 25.0 Å². The van der Waals surface area contributed by atoms with E-state index in [4.69, 9.17) is 16.3 Å². The maximum absolute atomic E-state index is 12.9. The molecule has 3 aromatic rings. The third-order valence-electron chi connectivity index (χ3n) is 5.00. The molecule has 0 spiro atoms. The maximum Gasteiger partial charge on any atom is 0.258 e. The van der Waals surface area contributed by atoms with Crippen LogP contribution >= 0.6 is 11.6 Å². The molecule has 0 aromatic heterocycles. The van der Waals surface area contributed by atoms with E-state index in [1.165, 1.54) is 5.56 Å². The fraction of sp³-hybridized carbons (Fsp3) is 0.167. The Morgan fingerprint density at radius 3 is 2.50 bits per heavy atom. The zero-order chi connectivity index (χ0) is 20.9. The lowest BCUT2D eigenvalue weighted by molar-refractivity contribution is -0.121. The van der Waals surface area contributed by atoms with Crippen LogP contribution < -0.4 is 10.2 Å². The Morgan fingerprint density at radius 1 is 0.967 bits per heavy atom. The van der Waals surface area contributed by atoms with Crippen molar-refractivity contribution in [3.8, 4) is 0 Å². The molecular weight excluding hydrogens is 400 g/mol. The van der Waals surface area contributed by atoms with E-state index >= 15 is 0 Å². The lowest BCUT2D eigenvalue weighted by Gasteiger charge is -2.17. The summed E-state index contributed by atoms with van der Waals surface area (Å²) in [6.07, 6.45) is 0.865. The van der Waals surface area contributed by atoms with Gasteiger partial charge in [0, 0.05) is 28.5 Å². The molecule has 0 saturated heterocycles. The predicted molar refractivity (Wildman–Crippen MR) is 118 cm³/mol. The second-order valence-electron chi connectivity index (χ2n) is 7.05. The van der Waals surface area contributed by atoms with Crippen LogP contribution in [0, 0.1) is 0 Å². The number of anilines is 2. The van der Waals surface area contributed by atoms with Crippen molar-refractivity contribution < 1.29 is 14.3 Å². The number of amides is 2. The van der Waals surface area contributed by atoms with Gasteiger partial charge in [0.1, 0.15) is 6.61 Å². The molecule has 1 N–H and O–H groups in total. The van der Waals surface area contributed by atoms with Gasteiger partial charge >= 0.3 is 0 Å². The highest BCUT2D eigenvalue weighted by Crippen LogP contribution is 2.29. The Kier molecular flexibility index (Phi) is 6.12. The minimum absolute atomic E-state index is 0.0408. The number of fused-ring (bicyclic) bond motifs is 1. The lowest BCUT2D eigenvalue weighted by atomic mass is 10.1. The molecule has 0 bridgehead atoms. The zero-order valence-corrected chi connectivity index (χ0v) is 17.1. The Hall–Kier alpha value is -3.15. The van der Waals surface area contributed by atoms with E-state index in [9.17, 15) is 9.59 Å². The molecular formula is C24H21ClN2O3. The van der Waals surface area contributed by atoms with Crippen LogP contribution in [0.1, 0.15) is 21.5 Å². The molecule has 30 heavy (non-hydrogen) atoms. The molecule has 1 aliphatic heterocycles. The number of benzene rings is 3. The number of rotatable bonds is 6. The van der Waals surface area contributed by atoms with Crippen LogP contribution in [0.15, 0.2) is 72.8 Å². The van der Waals surface area contributed by atoms with Gasteiger partial charge in [0.15, 0.2) is 0 Å². The van der Waals surface area contributed by atoms with Crippen LogP contribution in [0.4, 0.5) is 11.4 Å². The molecule has 2 amide bonds. The molecule has 5 nitrogen and oxygen atoms in total. The smallest absolute Gasteiger partial charge is 0.258 e. The van der Waals surface area contributed by atoms with Crippen LogP contribution in [0.25, 0.3) is 0 Å². The molecule has 0 fully saturated rings. The summed E-state index contributed by atoms with van der Waals surface area (Å²) in [6, 6.07) is 22.2. The van der Waals surface area contributed by atoms with E-state index < -0.39 is 0 Å². The predicted octanol–water partition coefficient (Wildman–Crippen LogP) is 4.70. The number of carbonyl (C=O) groups excluding carboxylic acids is 2. The number of ether oxygens (including phenoxy) is 1. The highest BCUT2D eigenvalue weighted by atomic mass is 35.5. The molecule has 152 valence electrons. The molecule has 1 aliphatic rings. The van der Waals surface area contributed by atoms with Gasteiger partial charge in [0.05, 0.1) is 6.61 Å². The summed E-state index contributed by atoms with van der Waals surface area (Å²) >= 11 is 6.07.